The lowest BCUT2D eigenvalue weighted by molar-refractivity contribution is -0.157. The number of hydrogen-bond donors (Lipinski definition) is 2. The highest BCUT2D eigenvalue weighted by molar-refractivity contribution is 7.86. The third-order valence-electron chi connectivity index (χ3n) is 2.75. The van der Waals surface area contributed by atoms with Crippen molar-refractivity contribution in [3.05, 3.63) is 0 Å². The lowest BCUT2D eigenvalue weighted by Crippen LogP contribution is -2.42. The van der Waals surface area contributed by atoms with E-state index in [1.54, 1.807) is 0 Å². The Balaban J connectivity index is 2.14. The van der Waals surface area contributed by atoms with Gasteiger partial charge in [0.05, 0.1) is 26.1 Å². The molecular formula is C9H16O8S. The molecule has 106 valence electrons. The average Bonchev–Trinajstić information content (AvgIpc) is 2.87. The normalized spacial score (nSPS) is 38.4. The first kappa shape index (κ1) is 14.1. The highest BCUT2D eigenvalue weighted by Gasteiger charge is 2.51. The number of aliphatic hydroxyl groups excluding tert-OH is 2. The molecule has 0 aromatic heterocycles. The first-order chi connectivity index (χ1) is 8.42. The van der Waals surface area contributed by atoms with Crippen molar-refractivity contribution in [2.45, 2.75) is 30.7 Å². The Labute approximate surface area is 105 Å². The second kappa shape index (κ2) is 5.37. The van der Waals surface area contributed by atoms with Crippen molar-refractivity contribution in [1.82, 2.24) is 0 Å². The van der Waals surface area contributed by atoms with Gasteiger partial charge < -0.3 is 24.4 Å². The smallest absolute Gasteiger partial charge is 0.264 e. The first-order valence-electron chi connectivity index (χ1n) is 5.48. The summed E-state index contributed by atoms with van der Waals surface area (Å²) in [6.45, 7) is 0.264. The van der Waals surface area contributed by atoms with Crippen molar-refractivity contribution in [2.75, 3.05) is 26.1 Å². The van der Waals surface area contributed by atoms with Crippen LogP contribution in [0.3, 0.4) is 0 Å². The molecule has 9 heteroatoms. The highest BCUT2D eigenvalue weighted by atomic mass is 32.2. The van der Waals surface area contributed by atoms with E-state index in [0.29, 0.717) is 13.2 Å². The maximum absolute atomic E-state index is 11.2. The molecule has 0 unspecified atom stereocenters. The van der Waals surface area contributed by atoms with Crippen LogP contribution >= 0.6 is 0 Å². The summed E-state index contributed by atoms with van der Waals surface area (Å²) >= 11 is 0. The summed E-state index contributed by atoms with van der Waals surface area (Å²) in [6, 6.07) is 0. The summed E-state index contributed by atoms with van der Waals surface area (Å²) < 4.78 is 42.8. The van der Waals surface area contributed by atoms with Crippen LogP contribution < -0.4 is 0 Å². The molecule has 0 aliphatic carbocycles. The van der Waals surface area contributed by atoms with E-state index in [4.69, 9.17) is 23.5 Å². The van der Waals surface area contributed by atoms with Crippen LogP contribution in [0.25, 0.3) is 0 Å². The summed E-state index contributed by atoms with van der Waals surface area (Å²) in [5.41, 5.74) is 0. The lowest BCUT2D eigenvalue weighted by Gasteiger charge is -2.22. The van der Waals surface area contributed by atoms with E-state index in [-0.39, 0.29) is 0 Å². The van der Waals surface area contributed by atoms with Gasteiger partial charge in [-0.2, -0.15) is 8.42 Å². The zero-order chi connectivity index (χ0) is 13.3. The molecule has 2 saturated heterocycles. The van der Waals surface area contributed by atoms with Gasteiger partial charge in [0.1, 0.15) is 24.4 Å². The molecule has 0 bridgehead atoms. The Kier molecular flexibility index (Phi) is 4.22. The fourth-order valence-electron chi connectivity index (χ4n) is 2.02. The minimum Gasteiger partial charge on any atom is -0.394 e. The molecule has 0 amide bonds. The van der Waals surface area contributed by atoms with Crippen molar-refractivity contribution < 1.29 is 37.0 Å². The molecule has 0 aromatic carbocycles. The standard InChI is InChI=1S/C9H16O8S/c1-18(12,13)17-7-6(11)5(4-10)16-8(7)9-14-2-3-15-9/h5-11H,2-4H2,1H3/t5-,6+,7-,8+/m0/s1. The summed E-state index contributed by atoms with van der Waals surface area (Å²) in [6.07, 6.45) is -4.16. The summed E-state index contributed by atoms with van der Waals surface area (Å²) in [4.78, 5) is 0. The van der Waals surface area contributed by atoms with Crippen LogP contribution in [-0.2, 0) is 28.5 Å². The number of hydrogen-bond acceptors (Lipinski definition) is 8. The monoisotopic (exact) mass is 284 g/mol. The zero-order valence-corrected chi connectivity index (χ0v) is 10.6. The van der Waals surface area contributed by atoms with E-state index in [1.165, 1.54) is 0 Å². The molecule has 0 spiro atoms. The van der Waals surface area contributed by atoms with Gasteiger partial charge in [-0.25, -0.2) is 0 Å². The zero-order valence-electron chi connectivity index (χ0n) is 9.76. The summed E-state index contributed by atoms with van der Waals surface area (Å²) in [5, 5.41) is 18.9. The quantitative estimate of drug-likeness (QED) is 0.561. The van der Waals surface area contributed by atoms with Crippen molar-refractivity contribution in [3.8, 4) is 0 Å². The summed E-state index contributed by atoms with van der Waals surface area (Å²) in [7, 11) is -3.77. The van der Waals surface area contributed by atoms with Crippen LogP contribution in [0, 0.1) is 0 Å². The van der Waals surface area contributed by atoms with Crippen molar-refractivity contribution in [3.63, 3.8) is 0 Å². The van der Waals surface area contributed by atoms with Gasteiger partial charge in [0.15, 0.2) is 6.29 Å². The minimum atomic E-state index is -3.77. The van der Waals surface area contributed by atoms with Gasteiger partial charge in [0.2, 0.25) is 0 Å². The summed E-state index contributed by atoms with van der Waals surface area (Å²) in [5.74, 6) is 0. The molecule has 0 aromatic rings. The number of rotatable bonds is 4. The fourth-order valence-corrected chi connectivity index (χ4v) is 2.64. The van der Waals surface area contributed by atoms with Gasteiger partial charge in [-0.1, -0.05) is 0 Å². The predicted octanol–water partition coefficient (Wildman–Crippen LogP) is -2.18. The molecule has 0 radical (unpaired) electrons. The second-order valence-electron chi connectivity index (χ2n) is 4.19. The van der Waals surface area contributed by atoms with Crippen molar-refractivity contribution >= 4 is 10.1 Å². The molecule has 4 atom stereocenters. The van der Waals surface area contributed by atoms with E-state index in [1.807, 2.05) is 0 Å². The van der Waals surface area contributed by atoms with Crippen molar-refractivity contribution in [2.24, 2.45) is 0 Å². The Morgan fingerprint density at radius 1 is 1.33 bits per heavy atom. The molecule has 2 aliphatic rings. The van der Waals surface area contributed by atoms with Gasteiger partial charge in [0.25, 0.3) is 10.1 Å². The van der Waals surface area contributed by atoms with E-state index in [2.05, 4.69) is 0 Å². The van der Waals surface area contributed by atoms with Gasteiger partial charge in [0, 0.05) is 0 Å². The molecular weight excluding hydrogens is 268 g/mol. The Morgan fingerprint density at radius 2 is 1.94 bits per heavy atom. The van der Waals surface area contributed by atoms with Crippen LogP contribution in [-0.4, -0.2) is 75.4 Å². The molecule has 2 N–H and O–H groups in total. The van der Waals surface area contributed by atoms with Gasteiger partial charge in [-0.15, -0.1) is 0 Å². The maximum atomic E-state index is 11.2. The Morgan fingerprint density at radius 3 is 2.44 bits per heavy atom. The van der Waals surface area contributed by atoms with Crippen LogP contribution in [0.15, 0.2) is 0 Å². The Bertz CT molecular complexity index is 376. The average molecular weight is 284 g/mol. The second-order valence-corrected chi connectivity index (χ2v) is 5.79. The number of aliphatic hydroxyl groups is 2. The van der Waals surface area contributed by atoms with Gasteiger partial charge >= 0.3 is 0 Å². The first-order valence-corrected chi connectivity index (χ1v) is 7.30. The predicted molar refractivity (Wildman–Crippen MR) is 57.2 cm³/mol. The van der Waals surface area contributed by atoms with E-state index in [0.717, 1.165) is 6.26 Å². The van der Waals surface area contributed by atoms with Gasteiger partial charge in [-0.3, -0.25) is 4.18 Å². The van der Waals surface area contributed by atoms with Crippen LogP contribution in [0.2, 0.25) is 0 Å². The maximum Gasteiger partial charge on any atom is 0.264 e. The fraction of sp³-hybridized carbons (Fsp3) is 1.00. The largest absolute Gasteiger partial charge is 0.394 e. The topological polar surface area (TPSA) is 112 Å². The van der Waals surface area contributed by atoms with E-state index in [9.17, 15) is 13.5 Å². The van der Waals surface area contributed by atoms with Gasteiger partial charge in [-0.05, 0) is 0 Å². The van der Waals surface area contributed by atoms with Crippen molar-refractivity contribution in [1.29, 1.82) is 0 Å². The van der Waals surface area contributed by atoms with E-state index >= 15 is 0 Å². The minimum absolute atomic E-state index is 0.357. The third-order valence-corrected chi connectivity index (χ3v) is 3.33. The van der Waals surface area contributed by atoms with E-state index < -0.39 is 47.4 Å². The van der Waals surface area contributed by atoms with Crippen LogP contribution in [0.4, 0.5) is 0 Å². The molecule has 2 aliphatic heterocycles. The Hall–Kier alpha value is -0.290. The van der Waals surface area contributed by atoms with Crippen LogP contribution in [0.5, 0.6) is 0 Å². The SMILES string of the molecule is CS(=O)(=O)O[C@H]1[C@H](O)[C@H](CO)O[C@H]1C1OCCO1. The van der Waals surface area contributed by atoms with Crippen LogP contribution in [0.1, 0.15) is 0 Å². The molecule has 2 fully saturated rings. The molecule has 8 nitrogen and oxygen atoms in total. The third kappa shape index (κ3) is 2.99. The number of ether oxygens (including phenoxy) is 3. The molecule has 18 heavy (non-hydrogen) atoms. The highest BCUT2D eigenvalue weighted by Crippen LogP contribution is 2.30. The molecule has 0 saturated carbocycles. The molecule has 2 heterocycles. The molecule has 2 rings (SSSR count). The lowest BCUT2D eigenvalue weighted by atomic mass is 10.1.